The van der Waals surface area contributed by atoms with Crippen molar-refractivity contribution in [1.29, 1.82) is 0 Å². The second-order valence-electron chi connectivity index (χ2n) is 4.97. The zero-order valence-electron chi connectivity index (χ0n) is 14.2. The van der Waals surface area contributed by atoms with Gasteiger partial charge < -0.3 is 13.0 Å². The van der Waals surface area contributed by atoms with Gasteiger partial charge in [0.05, 0.1) is 0 Å². The van der Waals surface area contributed by atoms with Gasteiger partial charge in [0.15, 0.2) is 0 Å². The average Bonchev–Trinajstić information content (AvgIpc) is 2.45. The van der Waals surface area contributed by atoms with E-state index in [-0.39, 0.29) is 53.8 Å². The van der Waals surface area contributed by atoms with Crippen molar-refractivity contribution in [2.24, 2.45) is 0 Å². The molecule has 2 heteroatoms. The minimum absolute atomic E-state index is 0. The number of hydrogen-bond donors (Lipinski definition) is 0. The Kier molecular flexibility index (Phi) is 13.5. The van der Waals surface area contributed by atoms with Gasteiger partial charge in [0.2, 0.25) is 0 Å². The Morgan fingerprint density at radius 3 is 2.41 bits per heavy atom. The maximum absolute atomic E-state index is 3.69. The van der Waals surface area contributed by atoms with E-state index in [9.17, 15) is 0 Å². The van der Waals surface area contributed by atoms with Gasteiger partial charge in [-0.15, -0.1) is 6.92 Å². The third-order valence-corrected chi connectivity index (χ3v) is 3.46. The molecule has 0 bridgehead atoms. The average molecular weight is 536 g/mol. The minimum atomic E-state index is 0. The maximum atomic E-state index is 3.69. The first-order chi connectivity index (χ1) is 9.49. The quantitative estimate of drug-likeness (QED) is 0.345. The molecule has 0 spiro atoms. The Labute approximate surface area is 176 Å². The largest absolute Gasteiger partial charge is 0.400 e. The maximum Gasteiger partial charge on any atom is 0 e. The van der Waals surface area contributed by atoms with Crippen molar-refractivity contribution >= 4 is 5.57 Å². The van der Waals surface area contributed by atoms with Crippen molar-refractivity contribution < 1.29 is 53.8 Å². The molecule has 22 heavy (non-hydrogen) atoms. The summed E-state index contributed by atoms with van der Waals surface area (Å²) in [6.45, 7) is 14.3. The smallest absolute Gasteiger partial charge is 0 e. The van der Waals surface area contributed by atoms with Gasteiger partial charge in [0.25, 0.3) is 0 Å². The molecule has 1 rings (SSSR count). The molecule has 0 saturated carbocycles. The molecule has 0 fully saturated rings. The molecule has 0 aliphatic heterocycles. The summed E-state index contributed by atoms with van der Waals surface area (Å²) >= 11 is 0. The fourth-order valence-corrected chi connectivity index (χ4v) is 1.85. The van der Waals surface area contributed by atoms with Crippen LogP contribution in [-0.4, -0.2) is 0 Å². The number of aryl methyl sites for hydroxylation is 1. The summed E-state index contributed by atoms with van der Waals surface area (Å²) in [6, 6.07) is 7.33. The summed E-state index contributed by atoms with van der Waals surface area (Å²) in [5, 5.41) is 0. The van der Waals surface area contributed by atoms with Gasteiger partial charge in [-0.2, -0.15) is 5.56 Å². The first-order valence-corrected chi connectivity index (χ1v) is 6.88. The topological polar surface area (TPSA) is 0 Å². The van der Waals surface area contributed by atoms with Crippen molar-refractivity contribution in [3.8, 4) is 0 Å². The SMILES string of the molecule is [CH2-]C=[C-]c1[c-]cc(C)c(\C(C)=C(C)/C=C/C(C)=C/C)c1.[W].[Y]. The normalized spacial score (nSPS) is 12.9. The van der Waals surface area contributed by atoms with Crippen LogP contribution in [0.5, 0.6) is 0 Å². The van der Waals surface area contributed by atoms with Crippen molar-refractivity contribution in [3.63, 3.8) is 0 Å². The van der Waals surface area contributed by atoms with E-state index in [1.165, 1.54) is 27.8 Å². The van der Waals surface area contributed by atoms with E-state index in [0.717, 1.165) is 5.56 Å². The van der Waals surface area contributed by atoms with Gasteiger partial charge >= 0.3 is 0 Å². The van der Waals surface area contributed by atoms with Crippen LogP contribution >= 0.6 is 0 Å². The fourth-order valence-electron chi connectivity index (χ4n) is 1.85. The van der Waals surface area contributed by atoms with Gasteiger partial charge in [-0.1, -0.05) is 34.9 Å². The second-order valence-corrected chi connectivity index (χ2v) is 4.97. The van der Waals surface area contributed by atoms with Crippen LogP contribution in [0.1, 0.15) is 44.4 Å². The predicted molar refractivity (Wildman–Crippen MR) is 89.1 cm³/mol. The predicted octanol–water partition coefficient (Wildman–Crippen LogP) is 5.65. The van der Waals surface area contributed by atoms with Crippen LogP contribution in [0.3, 0.4) is 0 Å². The number of hydrogen-bond acceptors (Lipinski definition) is 0. The summed E-state index contributed by atoms with van der Waals surface area (Å²) < 4.78 is 0. The zero-order chi connectivity index (χ0) is 15.1. The summed E-state index contributed by atoms with van der Waals surface area (Å²) in [4.78, 5) is 0. The Morgan fingerprint density at radius 2 is 1.86 bits per heavy atom. The Bertz CT molecular complexity index is 590. The third kappa shape index (κ3) is 7.41. The van der Waals surface area contributed by atoms with E-state index in [0.29, 0.717) is 0 Å². The molecule has 1 aromatic carbocycles. The molecule has 0 unspecified atom stereocenters. The molecule has 0 nitrogen and oxygen atoms in total. The third-order valence-electron chi connectivity index (χ3n) is 3.46. The molecule has 115 valence electrons. The molecule has 0 aliphatic carbocycles. The van der Waals surface area contributed by atoms with Crippen molar-refractivity contribution in [1.82, 2.24) is 0 Å². The second kappa shape index (κ2) is 12.3. The number of allylic oxidation sites excluding steroid dienone is 7. The van der Waals surface area contributed by atoms with Crippen LogP contribution in [0.2, 0.25) is 0 Å². The van der Waals surface area contributed by atoms with Crippen molar-refractivity contribution in [3.05, 3.63) is 83.3 Å². The van der Waals surface area contributed by atoms with Crippen LogP contribution in [0.25, 0.3) is 5.57 Å². The van der Waals surface area contributed by atoms with E-state index in [1.807, 2.05) is 6.07 Å². The van der Waals surface area contributed by atoms with Crippen LogP contribution in [0.15, 0.2) is 47.6 Å². The van der Waals surface area contributed by atoms with Gasteiger partial charge in [-0.05, 0) is 27.7 Å². The van der Waals surface area contributed by atoms with E-state index < -0.39 is 0 Å². The fraction of sp³-hybridized carbons (Fsp3) is 0.250. The number of benzene rings is 1. The summed E-state index contributed by atoms with van der Waals surface area (Å²) in [7, 11) is 0. The minimum Gasteiger partial charge on any atom is -0.400 e. The van der Waals surface area contributed by atoms with Gasteiger partial charge in [-0.25, -0.2) is 17.7 Å². The van der Waals surface area contributed by atoms with Gasteiger partial charge in [-0.3, -0.25) is 17.7 Å². The van der Waals surface area contributed by atoms with Crippen molar-refractivity contribution in [2.45, 2.75) is 34.6 Å². The molecule has 0 heterocycles. The van der Waals surface area contributed by atoms with Gasteiger partial charge in [0, 0.05) is 53.8 Å². The Morgan fingerprint density at radius 1 is 1.23 bits per heavy atom. The monoisotopic (exact) mass is 536 g/mol. The van der Waals surface area contributed by atoms with E-state index in [2.05, 4.69) is 78.0 Å². The standard InChI is InChI=1S/C20H23.W.Y/c1-7-9-19-13-12-17(5)20(14-19)18(6)16(4)11-10-15(3)8-2;;/h7-8,10-12,14H,1H2,2-6H3;;/q-3;;/b11-10+,15-8+,18-16-;;. The summed E-state index contributed by atoms with van der Waals surface area (Å²) in [6.07, 6.45) is 11.2. The van der Waals surface area contributed by atoms with Gasteiger partial charge in [0.1, 0.15) is 0 Å². The summed E-state index contributed by atoms with van der Waals surface area (Å²) in [5.41, 5.74) is 7.24. The van der Waals surface area contributed by atoms with E-state index in [4.69, 9.17) is 0 Å². The van der Waals surface area contributed by atoms with Crippen LogP contribution in [0.4, 0.5) is 0 Å². The van der Waals surface area contributed by atoms with Crippen LogP contribution < -0.4 is 0 Å². The Balaban J connectivity index is 0. The van der Waals surface area contributed by atoms with Crippen LogP contribution in [0, 0.1) is 26.0 Å². The molecule has 0 amide bonds. The molecule has 0 aliphatic rings. The molecule has 0 saturated heterocycles. The molecular weight excluding hydrogens is 513 g/mol. The van der Waals surface area contributed by atoms with E-state index >= 15 is 0 Å². The molecule has 0 atom stereocenters. The molecular formula is C20H23WY-3. The first kappa shape index (κ1) is 24.1. The molecule has 1 radical (unpaired) electrons. The number of rotatable bonds is 4. The van der Waals surface area contributed by atoms with Crippen molar-refractivity contribution in [2.75, 3.05) is 0 Å². The molecule has 0 N–H and O–H groups in total. The molecule has 1 aromatic rings. The summed E-state index contributed by atoms with van der Waals surface area (Å²) in [5.74, 6) is 0. The molecule has 0 aromatic heterocycles. The Hall–Kier alpha value is -0.158. The van der Waals surface area contributed by atoms with E-state index in [1.54, 1.807) is 6.08 Å². The zero-order valence-corrected chi connectivity index (χ0v) is 19.9. The van der Waals surface area contributed by atoms with Crippen LogP contribution in [-0.2, 0) is 53.8 Å². The first-order valence-electron chi connectivity index (χ1n) is 6.88.